The number of para-hydroxylation sites is 1. The number of primary amides is 1. The molecule has 0 fully saturated rings. The Hall–Kier alpha value is -3.08. The highest BCUT2D eigenvalue weighted by Crippen LogP contribution is 2.30. The van der Waals surface area contributed by atoms with Crippen LogP contribution >= 0.6 is 23.2 Å². The number of benzene rings is 3. The van der Waals surface area contributed by atoms with E-state index in [1.165, 1.54) is 0 Å². The third-order valence-electron chi connectivity index (χ3n) is 4.66. The van der Waals surface area contributed by atoms with Crippen LogP contribution in [-0.2, 0) is 6.54 Å². The second-order valence-electron chi connectivity index (χ2n) is 6.60. The molecule has 0 spiro atoms. The summed E-state index contributed by atoms with van der Waals surface area (Å²) in [5.74, 6) is -0.573. The van der Waals surface area contributed by atoms with Crippen molar-refractivity contribution in [2.45, 2.75) is 34.2 Å². The predicted octanol–water partition coefficient (Wildman–Crippen LogP) is 7.90. The lowest BCUT2D eigenvalue weighted by atomic mass is 10.1. The van der Waals surface area contributed by atoms with Crippen LogP contribution in [0.5, 0.6) is 0 Å². The van der Waals surface area contributed by atoms with Gasteiger partial charge in [0.05, 0.1) is 33.7 Å². The Labute approximate surface area is 205 Å². The molecule has 0 aliphatic heterocycles. The van der Waals surface area contributed by atoms with Crippen LogP contribution in [0, 0.1) is 0 Å². The molecule has 0 radical (unpaired) electrons. The highest BCUT2D eigenvalue weighted by molar-refractivity contribution is 6.34. The molecule has 4 aromatic rings. The van der Waals surface area contributed by atoms with Crippen LogP contribution < -0.4 is 5.73 Å². The normalized spacial score (nSPS) is 10.4. The molecule has 3 aromatic carbocycles. The number of aliphatic imine (C=N–C) groups is 1. The third kappa shape index (κ3) is 6.47. The van der Waals surface area contributed by atoms with Crippen molar-refractivity contribution in [3.05, 3.63) is 99.7 Å². The van der Waals surface area contributed by atoms with Crippen molar-refractivity contribution >= 4 is 51.9 Å². The molecule has 1 aromatic heterocycles. The van der Waals surface area contributed by atoms with E-state index in [0.717, 1.165) is 22.2 Å². The molecule has 4 nitrogen and oxygen atoms in total. The van der Waals surface area contributed by atoms with Crippen LogP contribution in [0.15, 0.2) is 77.8 Å². The fourth-order valence-electron chi connectivity index (χ4n) is 3.27. The molecule has 0 bridgehead atoms. The van der Waals surface area contributed by atoms with Crippen LogP contribution in [0.2, 0.25) is 10.0 Å². The van der Waals surface area contributed by atoms with E-state index in [9.17, 15) is 4.79 Å². The minimum absolute atomic E-state index is 0.280. The largest absolute Gasteiger partial charge is 0.366 e. The van der Waals surface area contributed by atoms with Gasteiger partial charge in [-0.15, -0.1) is 0 Å². The van der Waals surface area contributed by atoms with Gasteiger partial charge < -0.3 is 10.3 Å². The fourth-order valence-corrected chi connectivity index (χ4v) is 3.66. The first-order valence-corrected chi connectivity index (χ1v) is 11.7. The number of nitrogens with two attached hydrogens (primary N) is 1. The number of halogens is 2. The molecule has 0 aliphatic rings. The lowest BCUT2D eigenvalue weighted by molar-refractivity contribution is 0.100. The Kier molecular flexibility index (Phi) is 10.2. The van der Waals surface area contributed by atoms with E-state index in [4.69, 9.17) is 28.9 Å². The van der Waals surface area contributed by atoms with E-state index < -0.39 is 5.91 Å². The van der Waals surface area contributed by atoms with Crippen LogP contribution in [0.1, 0.15) is 49.3 Å². The summed E-state index contributed by atoms with van der Waals surface area (Å²) in [4.78, 5) is 16.2. The van der Waals surface area contributed by atoms with Crippen LogP contribution in [0.3, 0.4) is 0 Å². The quantitative estimate of drug-likeness (QED) is 0.289. The van der Waals surface area contributed by atoms with Crippen molar-refractivity contribution < 1.29 is 4.79 Å². The minimum atomic E-state index is -0.573. The zero-order valence-electron chi connectivity index (χ0n) is 19.3. The van der Waals surface area contributed by atoms with Crippen molar-refractivity contribution in [1.29, 1.82) is 0 Å². The number of hydrogen-bond donors (Lipinski definition) is 1. The van der Waals surface area contributed by atoms with Crippen molar-refractivity contribution in [1.82, 2.24) is 4.57 Å². The molecule has 6 heteroatoms. The van der Waals surface area contributed by atoms with Gasteiger partial charge in [0.1, 0.15) is 0 Å². The van der Waals surface area contributed by atoms with E-state index in [1.54, 1.807) is 24.4 Å². The maximum absolute atomic E-state index is 11.7. The summed E-state index contributed by atoms with van der Waals surface area (Å²) in [7, 11) is 0. The third-order valence-corrected chi connectivity index (χ3v) is 5.20. The van der Waals surface area contributed by atoms with Crippen molar-refractivity contribution in [2.24, 2.45) is 10.7 Å². The van der Waals surface area contributed by atoms with Crippen LogP contribution in [0.4, 0.5) is 5.69 Å². The van der Waals surface area contributed by atoms with Crippen LogP contribution in [-0.4, -0.2) is 16.7 Å². The standard InChI is InChI=1S/C23H17Cl2N3O.2C2H6/c24-17-10-9-16-11-18(13-27-22-19(23(26)29)7-4-8-20(22)25)28(21(16)12-17)14-15-5-2-1-3-6-15;2*1-2/h1-13H,14H2,(H2,26,29);2*1-2H3. The molecule has 33 heavy (non-hydrogen) atoms. The monoisotopic (exact) mass is 481 g/mol. The van der Waals surface area contributed by atoms with Gasteiger partial charge in [0, 0.05) is 17.0 Å². The van der Waals surface area contributed by atoms with E-state index in [0.29, 0.717) is 22.3 Å². The fraction of sp³-hybridized carbons (Fsp3) is 0.185. The molecular formula is C27H29Cl2N3O. The molecule has 1 heterocycles. The molecule has 1 amide bonds. The maximum Gasteiger partial charge on any atom is 0.250 e. The first kappa shape index (κ1) is 26.2. The lowest BCUT2D eigenvalue weighted by Gasteiger charge is -2.09. The number of aromatic nitrogens is 1. The molecule has 0 aliphatic carbocycles. The van der Waals surface area contributed by atoms with Crippen molar-refractivity contribution in [3.63, 3.8) is 0 Å². The van der Waals surface area contributed by atoms with Gasteiger partial charge in [0.2, 0.25) is 0 Å². The Morgan fingerprint density at radius 3 is 2.30 bits per heavy atom. The Morgan fingerprint density at radius 2 is 1.64 bits per heavy atom. The number of carbonyl (C=O) groups is 1. The molecule has 0 unspecified atom stereocenters. The lowest BCUT2D eigenvalue weighted by Crippen LogP contribution is -2.11. The van der Waals surface area contributed by atoms with Crippen LogP contribution in [0.25, 0.3) is 10.9 Å². The number of rotatable bonds is 5. The van der Waals surface area contributed by atoms with E-state index in [1.807, 2.05) is 70.2 Å². The summed E-state index contributed by atoms with van der Waals surface area (Å²) in [5, 5.41) is 2.07. The number of carbonyl (C=O) groups excluding carboxylic acids is 1. The first-order valence-electron chi connectivity index (χ1n) is 11.0. The Balaban J connectivity index is 0.000000914. The highest BCUT2D eigenvalue weighted by atomic mass is 35.5. The molecule has 2 N–H and O–H groups in total. The van der Waals surface area contributed by atoms with E-state index >= 15 is 0 Å². The average molecular weight is 482 g/mol. The van der Waals surface area contributed by atoms with Gasteiger partial charge in [-0.1, -0.05) is 93.4 Å². The van der Waals surface area contributed by atoms with E-state index in [-0.39, 0.29) is 5.56 Å². The number of fused-ring (bicyclic) bond motifs is 1. The summed E-state index contributed by atoms with van der Waals surface area (Å²) in [6, 6.07) is 22.9. The van der Waals surface area contributed by atoms with Crippen molar-refractivity contribution in [3.8, 4) is 0 Å². The zero-order valence-corrected chi connectivity index (χ0v) is 20.9. The summed E-state index contributed by atoms with van der Waals surface area (Å²) in [6.45, 7) is 8.65. The van der Waals surface area contributed by atoms with Crippen molar-refractivity contribution in [2.75, 3.05) is 0 Å². The first-order chi connectivity index (χ1) is 16.0. The Morgan fingerprint density at radius 1 is 0.939 bits per heavy atom. The summed E-state index contributed by atoms with van der Waals surface area (Å²) in [6.07, 6.45) is 1.70. The second kappa shape index (κ2) is 12.8. The highest BCUT2D eigenvalue weighted by Gasteiger charge is 2.12. The van der Waals surface area contributed by atoms with E-state index in [2.05, 4.69) is 21.7 Å². The number of hydrogen-bond acceptors (Lipinski definition) is 2. The number of nitrogens with zero attached hydrogens (tertiary/aromatic N) is 2. The predicted molar refractivity (Wildman–Crippen MR) is 142 cm³/mol. The smallest absolute Gasteiger partial charge is 0.250 e. The summed E-state index contributed by atoms with van der Waals surface area (Å²) in [5.41, 5.74) is 9.12. The van der Waals surface area contributed by atoms with Gasteiger partial charge in [0.25, 0.3) is 5.91 Å². The molecule has 0 atom stereocenters. The summed E-state index contributed by atoms with van der Waals surface area (Å²) < 4.78 is 2.13. The molecule has 172 valence electrons. The van der Waals surface area contributed by atoms with Gasteiger partial charge in [-0.3, -0.25) is 9.79 Å². The maximum atomic E-state index is 11.7. The van der Waals surface area contributed by atoms with Gasteiger partial charge in [-0.05, 0) is 35.9 Å². The van der Waals surface area contributed by atoms with Gasteiger partial charge in [0.15, 0.2) is 0 Å². The van der Waals surface area contributed by atoms with Gasteiger partial charge in [-0.2, -0.15) is 0 Å². The Bertz CT molecular complexity index is 1230. The zero-order chi connectivity index (χ0) is 24.4. The minimum Gasteiger partial charge on any atom is -0.366 e. The molecule has 0 saturated heterocycles. The summed E-state index contributed by atoms with van der Waals surface area (Å²) >= 11 is 12.5. The number of amides is 1. The second-order valence-corrected chi connectivity index (χ2v) is 7.45. The molecule has 0 saturated carbocycles. The topological polar surface area (TPSA) is 60.4 Å². The molecule has 4 rings (SSSR count). The SMILES string of the molecule is CC.CC.NC(=O)c1cccc(Cl)c1N=Cc1cc2ccc(Cl)cc2n1Cc1ccccc1. The molecular weight excluding hydrogens is 453 g/mol. The average Bonchev–Trinajstić information content (AvgIpc) is 3.17. The van der Waals surface area contributed by atoms with Gasteiger partial charge in [-0.25, -0.2) is 0 Å². The van der Waals surface area contributed by atoms with Gasteiger partial charge >= 0.3 is 0 Å².